The van der Waals surface area contributed by atoms with Crippen molar-refractivity contribution in [2.75, 3.05) is 6.54 Å². The van der Waals surface area contributed by atoms with Crippen molar-refractivity contribution in [3.8, 4) is 0 Å². The Bertz CT molecular complexity index is 308. The summed E-state index contributed by atoms with van der Waals surface area (Å²) in [7, 11) is 0. The van der Waals surface area contributed by atoms with Crippen molar-refractivity contribution in [2.24, 2.45) is 5.73 Å². The molecule has 1 aromatic rings. The number of hydrogen-bond acceptors (Lipinski definition) is 2. The Morgan fingerprint density at radius 2 is 2.31 bits per heavy atom. The molecule has 0 aliphatic carbocycles. The Labute approximate surface area is 82.4 Å². The molecule has 1 aromatic heterocycles. The van der Waals surface area contributed by atoms with Crippen molar-refractivity contribution in [3.63, 3.8) is 0 Å². The van der Waals surface area contributed by atoms with E-state index in [4.69, 9.17) is 11.1 Å². The summed E-state index contributed by atoms with van der Waals surface area (Å²) >= 11 is 0. The van der Waals surface area contributed by atoms with Crippen molar-refractivity contribution in [2.45, 2.75) is 13.1 Å². The van der Waals surface area contributed by atoms with Crippen molar-refractivity contribution < 1.29 is 0 Å². The Kier molecular flexibility index (Phi) is 2.77. The highest BCUT2D eigenvalue weighted by atomic mass is 35.5. The van der Waals surface area contributed by atoms with Crippen LogP contribution in [-0.2, 0) is 13.1 Å². The van der Waals surface area contributed by atoms with Gasteiger partial charge in [0, 0.05) is 12.7 Å². The molecule has 72 valence electrons. The van der Waals surface area contributed by atoms with E-state index in [0.29, 0.717) is 6.54 Å². The predicted molar refractivity (Wildman–Crippen MR) is 51.8 cm³/mol. The van der Waals surface area contributed by atoms with E-state index in [1.807, 2.05) is 15.6 Å². The Morgan fingerprint density at radius 3 is 3.00 bits per heavy atom. The van der Waals surface area contributed by atoms with Crippen LogP contribution in [0.25, 0.3) is 0 Å². The fourth-order valence-corrected chi connectivity index (χ4v) is 1.39. The minimum absolute atomic E-state index is 0. The van der Waals surface area contributed by atoms with E-state index in [1.54, 1.807) is 6.20 Å². The first kappa shape index (κ1) is 9.85. The van der Waals surface area contributed by atoms with Gasteiger partial charge in [0.05, 0.1) is 18.8 Å². The zero-order chi connectivity index (χ0) is 8.55. The lowest BCUT2D eigenvalue weighted by atomic mass is 10.3. The van der Waals surface area contributed by atoms with Gasteiger partial charge in [-0.2, -0.15) is 5.10 Å². The molecule has 0 spiro atoms. The molecule has 0 saturated heterocycles. The van der Waals surface area contributed by atoms with E-state index in [1.165, 1.54) is 0 Å². The molecule has 13 heavy (non-hydrogen) atoms. The monoisotopic (exact) mass is 201 g/mol. The molecule has 0 amide bonds. The minimum Gasteiger partial charge on any atom is -0.370 e. The summed E-state index contributed by atoms with van der Waals surface area (Å²) in [5, 5.41) is 11.4. The van der Waals surface area contributed by atoms with E-state index < -0.39 is 0 Å². The first-order valence-corrected chi connectivity index (χ1v) is 3.87. The number of hydrogen-bond donors (Lipinski definition) is 2. The van der Waals surface area contributed by atoms with Gasteiger partial charge in [-0.15, -0.1) is 12.4 Å². The van der Waals surface area contributed by atoms with E-state index in [0.717, 1.165) is 18.8 Å². The quantitative estimate of drug-likeness (QED) is 0.459. The van der Waals surface area contributed by atoms with Crippen molar-refractivity contribution >= 4 is 18.4 Å². The van der Waals surface area contributed by atoms with Crippen LogP contribution in [0.5, 0.6) is 0 Å². The van der Waals surface area contributed by atoms with Crippen LogP contribution in [0.4, 0.5) is 0 Å². The Hall–Kier alpha value is -1.23. The number of nitrogens with one attached hydrogen (secondary N) is 1. The predicted octanol–water partition coefficient (Wildman–Crippen LogP) is 0.0140. The fourth-order valence-electron chi connectivity index (χ4n) is 1.39. The van der Waals surface area contributed by atoms with E-state index >= 15 is 0 Å². The average Bonchev–Trinajstić information content (AvgIpc) is 2.49. The molecule has 0 atom stereocenters. The fraction of sp³-hybridized carbons (Fsp3) is 0.429. The van der Waals surface area contributed by atoms with E-state index in [2.05, 4.69) is 5.10 Å². The van der Waals surface area contributed by atoms with Gasteiger partial charge in [-0.05, 0) is 6.07 Å². The molecule has 6 heteroatoms. The van der Waals surface area contributed by atoms with Gasteiger partial charge in [-0.1, -0.05) is 0 Å². The summed E-state index contributed by atoms with van der Waals surface area (Å²) in [6.07, 6.45) is 1.78. The van der Waals surface area contributed by atoms with Gasteiger partial charge in [0.1, 0.15) is 0 Å². The lowest BCUT2D eigenvalue weighted by molar-refractivity contribution is 0.316. The molecule has 3 N–H and O–H groups in total. The molecular formula is C7H12ClN5. The van der Waals surface area contributed by atoms with Crippen LogP contribution in [-0.4, -0.2) is 27.2 Å². The molecule has 0 fully saturated rings. The normalized spacial score (nSPS) is 14.6. The van der Waals surface area contributed by atoms with Crippen LogP contribution in [0, 0.1) is 5.41 Å². The maximum absolute atomic E-state index is 7.26. The average molecular weight is 202 g/mol. The molecule has 0 saturated carbocycles. The molecule has 0 bridgehead atoms. The van der Waals surface area contributed by atoms with E-state index in [-0.39, 0.29) is 18.4 Å². The summed E-state index contributed by atoms with van der Waals surface area (Å²) < 4.78 is 1.94. The highest BCUT2D eigenvalue weighted by Gasteiger charge is 2.16. The number of rotatable bonds is 0. The second-order valence-electron chi connectivity index (χ2n) is 2.85. The number of nitrogens with zero attached hydrogens (tertiary/aromatic N) is 3. The minimum atomic E-state index is 0. The van der Waals surface area contributed by atoms with Gasteiger partial charge in [0.15, 0.2) is 5.96 Å². The third-order valence-corrected chi connectivity index (χ3v) is 2.08. The van der Waals surface area contributed by atoms with Crippen LogP contribution in [0.3, 0.4) is 0 Å². The third-order valence-electron chi connectivity index (χ3n) is 2.08. The van der Waals surface area contributed by atoms with Crippen molar-refractivity contribution in [1.82, 2.24) is 14.7 Å². The largest absolute Gasteiger partial charge is 0.370 e. The van der Waals surface area contributed by atoms with Crippen LogP contribution >= 0.6 is 12.4 Å². The Morgan fingerprint density at radius 1 is 1.54 bits per heavy atom. The molecular weight excluding hydrogens is 190 g/mol. The highest BCUT2D eigenvalue weighted by molar-refractivity contribution is 5.85. The van der Waals surface area contributed by atoms with Crippen LogP contribution < -0.4 is 5.73 Å². The maximum Gasteiger partial charge on any atom is 0.188 e. The van der Waals surface area contributed by atoms with Gasteiger partial charge in [-0.25, -0.2) is 0 Å². The SMILES string of the molecule is Cl.N=C(N)N1CCn2nccc2C1. The molecule has 2 heterocycles. The summed E-state index contributed by atoms with van der Waals surface area (Å²) in [6.45, 7) is 2.31. The second-order valence-corrected chi connectivity index (χ2v) is 2.85. The van der Waals surface area contributed by atoms with Gasteiger partial charge < -0.3 is 10.6 Å². The Balaban J connectivity index is 0.000000845. The summed E-state index contributed by atoms with van der Waals surface area (Å²) in [4.78, 5) is 1.83. The van der Waals surface area contributed by atoms with Crippen molar-refractivity contribution in [3.05, 3.63) is 18.0 Å². The topological polar surface area (TPSA) is 70.9 Å². The van der Waals surface area contributed by atoms with Gasteiger partial charge >= 0.3 is 0 Å². The highest BCUT2D eigenvalue weighted by Crippen LogP contribution is 2.09. The molecule has 1 aliphatic rings. The molecule has 2 rings (SSSR count). The van der Waals surface area contributed by atoms with Crippen molar-refractivity contribution in [1.29, 1.82) is 5.41 Å². The summed E-state index contributed by atoms with van der Waals surface area (Å²) in [5.74, 6) is 0.141. The number of nitrogens with two attached hydrogens (primary N) is 1. The number of fused-ring (bicyclic) bond motifs is 1. The first-order valence-electron chi connectivity index (χ1n) is 3.87. The zero-order valence-corrected chi connectivity index (χ0v) is 7.92. The molecule has 5 nitrogen and oxygen atoms in total. The molecule has 1 aliphatic heterocycles. The number of halogens is 1. The standard InChI is InChI=1S/C7H11N5.ClH/c8-7(9)11-3-4-12-6(5-11)1-2-10-12;/h1-2H,3-5H2,(H3,8,9);1H. The second kappa shape index (κ2) is 3.66. The van der Waals surface area contributed by atoms with Crippen LogP contribution in [0.2, 0.25) is 0 Å². The van der Waals surface area contributed by atoms with E-state index in [9.17, 15) is 0 Å². The molecule has 0 aromatic carbocycles. The van der Waals surface area contributed by atoms with Gasteiger partial charge in [-0.3, -0.25) is 10.1 Å². The first-order chi connectivity index (χ1) is 5.77. The summed E-state index contributed by atoms with van der Waals surface area (Å²) in [6, 6.07) is 1.95. The maximum atomic E-state index is 7.26. The smallest absolute Gasteiger partial charge is 0.188 e. The zero-order valence-electron chi connectivity index (χ0n) is 7.10. The third kappa shape index (κ3) is 1.75. The summed E-state index contributed by atoms with van der Waals surface area (Å²) in [5.41, 5.74) is 6.49. The van der Waals surface area contributed by atoms with Gasteiger partial charge in [0.2, 0.25) is 0 Å². The number of guanidine groups is 1. The van der Waals surface area contributed by atoms with Crippen LogP contribution in [0.1, 0.15) is 5.69 Å². The molecule has 0 unspecified atom stereocenters. The number of aromatic nitrogens is 2. The lowest BCUT2D eigenvalue weighted by Crippen LogP contribution is -2.41. The van der Waals surface area contributed by atoms with Crippen LogP contribution in [0.15, 0.2) is 12.3 Å². The lowest BCUT2D eigenvalue weighted by Gasteiger charge is -2.27. The van der Waals surface area contributed by atoms with Gasteiger partial charge in [0.25, 0.3) is 0 Å². The molecule has 0 radical (unpaired) electrons.